The van der Waals surface area contributed by atoms with Crippen molar-refractivity contribution in [2.75, 3.05) is 13.1 Å². The van der Waals surface area contributed by atoms with Crippen molar-refractivity contribution in [2.45, 2.75) is 31.8 Å². The van der Waals surface area contributed by atoms with Crippen molar-refractivity contribution in [1.29, 1.82) is 0 Å². The maximum absolute atomic E-state index is 11.8. The van der Waals surface area contributed by atoms with E-state index in [1.54, 1.807) is 17.1 Å². The van der Waals surface area contributed by atoms with E-state index < -0.39 is 5.97 Å². The third-order valence-electron chi connectivity index (χ3n) is 2.87. The lowest BCUT2D eigenvalue weighted by atomic mass is 10.4. The largest absolute Gasteiger partial charge is 0.480 e. The van der Waals surface area contributed by atoms with E-state index in [2.05, 4.69) is 15.6 Å². The van der Waals surface area contributed by atoms with Crippen LogP contribution in [0.4, 0.5) is 4.79 Å². The molecule has 1 aromatic rings. The van der Waals surface area contributed by atoms with Gasteiger partial charge in [0, 0.05) is 25.3 Å². The van der Waals surface area contributed by atoms with Gasteiger partial charge in [0.1, 0.15) is 6.54 Å². The number of amides is 2. The summed E-state index contributed by atoms with van der Waals surface area (Å²) >= 11 is 0. The number of aryl methyl sites for hydroxylation is 1. The van der Waals surface area contributed by atoms with E-state index in [-0.39, 0.29) is 18.6 Å². The first-order valence-corrected chi connectivity index (χ1v) is 6.27. The van der Waals surface area contributed by atoms with Gasteiger partial charge in [-0.3, -0.25) is 9.48 Å². The van der Waals surface area contributed by atoms with Crippen LogP contribution in [0.2, 0.25) is 0 Å². The van der Waals surface area contributed by atoms with Gasteiger partial charge in [0.05, 0.1) is 6.20 Å². The Bertz CT molecular complexity index is 430. The molecule has 1 fully saturated rings. The van der Waals surface area contributed by atoms with Crippen LogP contribution >= 0.6 is 0 Å². The number of nitrogens with one attached hydrogen (secondary N) is 1. The highest BCUT2D eigenvalue weighted by Crippen LogP contribution is 2.26. The normalized spacial score (nSPS) is 14.1. The SMILES string of the molecule is O=C(O)CN(C(=O)NCCCn1ccnn1)C1CC1. The number of carboxylic acid groups (broad SMARTS) is 1. The number of nitrogens with zero attached hydrogens (tertiary/aromatic N) is 4. The smallest absolute Gasteiger partial charge is 0.323 e. The zero-order valence-corrected chi connectivity index (χ0v) is 10.5. The molecule has 8 nitrogen and oxygen atoms in total. The first-order chi connectivity index (χ1) is 9.16. The lowest BCUT2D eigenvalue weighted by Crippen LogP contribution is -2.44. The lowest BCUT2D eigenvalue weighted by molar-refractivity contribution is -0.137. The summed E-state index contributed by atoms with van der Waals surface area (Å²) in [6.07, 6.45) is 5.85. The number of aromatic nitrogens is 3. The van der Waals surface area contributed by atoms with E-state index in [9.17, 15) is 9.59 Å². The van der Waals surface area contributed by atoms with E-state index in [0.717, 1.165) is 19.3 Å². The second-order valence-electron chi connectivity index (χ2n) is 4.50. The minimum atomic E-state index is -0.982. The number of carbonyl (C=O) groups is 2. The molecular weight excluding hydrogens is 250 g/mol. The minimum absolute atomic E-state index is 0.0893. The summed E-state index contributed by atoms with van der Waals surface area (Å²) in [5.74, 6) is -0.982. The highest BCUT2D eigenvalue weighted by atomic mass is 16.4. The van der Waals surface area contributed by atoms with Crippen molar-refractivity contribution in [2.24, 2.45) is 0 Å². The van der Waals surface area contributed by atoms with Crippen molar-refractivity contribution < 1.29 is 14.7 Å². The fourth-order valence-electron chi connectivity index (χ4n) is 1.79. The van der Waals surface area contributed by atoms with Gasteiger partial charge in [-0.25, -0.2) is 4.79 Å². The van der Waals surface area contributed by atoms with Crippen LogP contribution in [0.1, 0.15) is 19.3 Å². The Morgan fingerprint density at radius 1 is 1.47 bits per heavy atom. The van der Waals surface area contributed by atoms with Gasteiger partial charge in [0.15, 0.2) is 0 Å². The molecule has 0 unspecified atom stereocenters. The number of rotatable bonds is 7. The lowest BCUT2D eigenvalue weighted by Gasteiger charge is -2.20. The van der Waals surface area contributed by atoms with Gasteiger partial charge in [-0.1, -0.05) is 5.21 Å². The van der Waals surface area contributed by atoms with Crippen molar-refractivity contribution in [3.8, 4) is 0 Å². The summed E-state index contributed by atoms with van der Waals surface area (Å²) in [7, 11) is 0. The van der Waals surface area contributed by atoms with Crippen molar-refractivity contribution in [3.05, 3.63) is 12.4 Å². The standard InChI is InChI=1S/C11H17N5O3/c17-10(18)8-16(9-2-3-9)11(19)12-4-1-6-15-7-5-13-14-15/h5,7,9H,1-4,6,8H2,(H,12,19)(H,17,18). The van der Waals surface area contributed by atoms with E-state index >= 15 is 0 Å². The van der Waals surface area contributed by atoms with Crippen molar-refractivity contribution >= 4 is 12.0 Å². The Hall–Kier alpha value is -2.12. The number of aliphatic carboxylic acids is 1. The molecule has 2 rings (SSSR count). The third kappa shape index (κ3) is 4.23. The predicted octanol–water partition coefficient (Wildman–Crippen LogP) is -0.0732. The molecule has 0 radical (unpaired) electrons. The average molecular weight is 267 g/mol. The molecule has 8 heteroatoms. The third-order valence-corrected chi connectivity index (χ3v) is 2.87. The van der Waals surface area contributed by atoms with E-state index in [4.69, 9.17) is 5.11 Å². The van der Waals surface area contributed by atoms with Gasteiger partial charge in [-0.15, -0.1) is 5.10 Å². The van der Waals surface area contributed by atoms with Gasteiger partial charge in [-0.05, 0) is 19.3 Å². The summed E-state index contributed by atoms with van der Waals surface area (Å²) in [6, 6.07) is -0.213. The number of hydrogen-bond donors (Lipinski definition) is 2. The topological polar surface area (TPSA) is 100 Å². The summed E-state index contributed by atoms with van der Waals surface area (Å²) in [4.78, 5) is 23.9. The highest BCUT2D eigenvalue weighted by Gasteiger charge is 2.33. The predicted molar refractivity (Wildman–Crippen MR) is 65.4 cm³/mol. The van der Waals surface area contributed by atoms with Crippen LogP contribution in [-0.2, 0) is 11.3 Å². The summed E-state index contributed by atoms with van der Waals surface area (Å²) in [5, 5.41) is 19.0. The Labute approximate surface area is 110 Å². The first kappa shape index (κ1) is 13.3. The van der Waals surface area contributed by atoms with Crippen LogP contribution in [0.15, 0.2) is 12.4 Å². The molecule has 1 heterocycles. The molecule has 1 aliphatic carbocycles. The molecule has 0 saturated heterocycles. The fraction of sp³-hybridized carbons (Fsp3) is 0.636. The zero-order valence-electron chi connectivity index (χ0n) is 10.5. The van der Waals surface area contributed by atoms with Crippen LogP contribution in [-0.4, -0.2) is 56.1 Å². The summed E-state index contributed by atoms with van der Waals surface area (Å²) in [5.41, 5.74) is 0. The zero-order chi connectivity index (χ0) is 13.7. The Balaban J connectivity index is 1.68. The first-order valence-electron chi connectivity index (χ1n) is 6.27. The maximum atomic E-state index is 11.8. The molecular formula is C11H17N5O3. The number of carboxylic acids is 1. The number of urea groups is 1. The highest BCUT2D eigenvalue weighted by molar-refractivity contribution is 5.80. The van der Waals surface area contributed by atoms with Crippen LogP contribution < -0.4 is 5.32 Å². The van der Waals surface area contributed by atoms with Gasteiger partial charge in [-0.2, -0.15) is 0 Å². The monoisotopic (exact) mass is 267 g/mol. The van der Waals surface area contributed by atoms with Crippen LogP contribution in [0.25, 0.3) is 0 Å². The molecule has 0 atom stereocenters. The van der Waals surface area contributed by atoms with Gasteiger partial charge in [0.2, 0.25) is 0 Å². The average Bonchev–Trinajstić information content (AvgIpc) is 3.08. The van der Waals surface area contributed by atoms with Crippen LogP contribution in [0, 0.1) is 0 Å². The number of carbonyl (C=O) groups excluding carboxylic acids is 1. The minimum Gasteiger partial charge on any atom is -0.480 e. The maximum Gasteiger partial charge on any atom is 0.323 e. The molecule has 0 aliphatic heterocycles. The van der Waals surface area contributed by atoms with E-state index in [0.29, 0.717) is 13.1 Å². The number of hydrogen-bond acceptors (Lipinski definition) is 4. The van der Waals surface area contributed by atoms with Gasteiger partial charge >= 0.3 is 12.0 Å². The van der Waals surface area contributed by atoms with Crippen LogP contribution in [0.5, 0.6) is 0 Å². The Morgan fingerprint density at radius 3 is 2.84 bits per heavy atom. The molecule has 19 heavy (non-hydrogen) atoms. The van der Waals surface area contributed by atoms with E-state index in [1.165, 1.54) is 4.90 Å². The van der Waals surface area contributed by atoms with Crippen molar-refractivity contribution in [3.63, 3.8) is 0 Å². The molecule has 1 saturated carbocycles. The Kier molecular flexibility index (Phi) is 4.32. The van der Waals surface area contributed by atoms with Crippen LogP contribution in [0.3, 0.4) is 0 Å². The molecule has 2 amide bonds. The second-order valence-corrected chi connectivity index (χ2v) is 4.50. The molecule has 0 spiro atoms. The molecule has 104 valence electrons. The quantitative estimate of drug-likeness (QED) is 0.673. The molecule has 2 N–H and O–H groups in total. The van der Waals surface area contributed by atoms with Gasteiger partial charge < -0.3 is 15.3 Å². The molecule has 1 aromatic heterocycles. The molecule has 0 bridgehead atoms. The van der Waals surface area contributed by atoms with Gasteiger partial charge in [0.25, 0.3) is 0 Å². The second kappa shape index (κ2) is 6.17. The Morgan fingerprint density at radius 2 is 2.26 bits per heavy atom. The van der Waals surface area contributed by atoms with E-state index in [1.807, 2.05) is 0 Å². The molecule has 0 aromatic carbocycles. The summed E-state index contributed by atoms with van der Waals surface area (Å²) < 4.78 is 1.68. The summed E-state index contributed by atoms with van der Waals surface area (Å²) in [6.45, 7) is 0.920. The van der Waals surface area contributed by atoms with Crippen molar-refractivity contribution in [1.82, 2.24) is 25.2 Å². The molecule has 1 aliphatic rings. The fourth-order valence-corrected chi connectivity index (χ4v) is 1.79.